The summed E-state index contributed by atoms with van der Waals surface area (Å²) in [4.78, 5) is 68.6. The van der Waals surface area contributed by atoms with Crippen LogP contribution in [-0.4, -0.2) is 18.1 Å². The third-order valence-electron chi connectivity index (χ3n) is 0. The van der Waals surface area contributed by atoms with Crippen LogP contribution in [0, 0.1) is 93.3 Å². The molecular formula is O8Si2U3+10. The number of hydrogen-bond acceptors (Lipinski definition) is 8. The van der Waals surface area contributed by atoms with Gasteiger partial charge in [0.2, 0.25) is 0 Å². The Labute approximate surface area is 147 Å². The van der Waals surface area contributed by atoms with Crippen molar-refractivity contribution in [2.45, 2.75) is 0 Å². The fraction of sp³-hybridized carbons (Fsp3) is 0. The van der Waals surface area contributed by atoms with Gasteiger partial charge in [0.15, 0.2) is 0 Å². The van der Waals surface area contributed by atoms with E-state index >= 15 is 0 Å². The molecule has 0 N–H and O–H groups in total. The summed E-state index contributed by atoms with van der Waals surface area (Å²) in [6.45, 7) is 0. The van der Waals surface area contributed by atoms with Crippen LogP contribution in [0.15, 0.2) is 0 Å². The molecule has 13 heteroatoms. The molecule has 0 aromatic rings. The SMILES string of the molecule is [O-][Si]([O-])([O-])[O-].[O-][Si]([O-])([O-])[O-].[U+6].[U+6].[U+6]. The monoisotopic (exact) mass is 898 g/mol. The first-order chi connectivity index (χ1) is 4.00. The summed E-state index contributed by atoms with van der Waals surface area (Å²) in [5, 5.41) is 0. The van der Waals surface area contributed by atoms with E-state index in [4.69, 9.17) is 38.4 Å². The Bertz CT molecular complexity index is 60.4. The second-order valence-electron chi connectivity index (χ2n) is 1.00. The first kappa shape index (κ1) is 29.9. The molecule has 0 heterocycles. The van der Waals surface area contributed by atoms with Crippen molar-refractivity contribution in [2.24, 2.45) is 0 Å². The smallest absolute Gasteiger partial charge is 0.894 e. The summed E-state index contributed by atoms with van der Waals surface area (Å²) in [6, 6.07) is 0. The molecule has 8 nitrogen and oxygen atoms in total. The molecule has 0 saturated carbocycles. The first-order valence-electron chi connectivity index (χ1n) is 1.63. The molecule has 0 aliphatic rings. The zero-order valence-corrected chi connectivity index (χ0v) is 20.3. The van der Waals surface area contributed by atoms with Gasteiger partial charge in [-0.2, -0.15) is 0 Å². The molecule has 0 aromatic carbocycles. The van der Waals surface area contributed by atoms with E-state index in [-0.39, 0.29) is 93.3 Å². The maximum absolute atomic E-state index is 8.58. The fourth-order valence-electron chi connectivity index (χ4n) is 0. The molecule has 58 valence electrons. The van der Waals surface area contributed by atoms with E-state index in [0.717, 1.165) is 0 Å². The Balaban J connectivity index is -0.0000000267. The van der Waals surface area contributed by atoms with E-state index < -0.39 is 18.1 Å². The Hall–Kier alpha value is 3.27. The summed E-state index contributed by atoms with van der Waals surface area (Å²) in [7, 11) is -11.2. The van der Waals surface area contributed by atoms with Gasteiger partial charge in [-0.3, -0.25) is 0 Å². The predicted octanol–water partition coefficient (Wildman–Crippen LogP) is -10.3. The van der Waals surface area contributed by atoms with Crippen molar-refractivity contribution >= 4 is 18.1 Å². The van der Waals surface area contributed by atoms with Crippen molar-refractivity contribution in [3.63, 3.8) is 0 Å². The Morgan fingerprint density at radius 2 is 0.385 bits per heavy atom. The van der Waals surface area contributed by atoms with Gasteiger partial charge >= 0.3 is 93.3 Å². The summed E-state index contributed by atoms with van der Waals surface area (Å²) in [6.07, 6.45) is 0. The zero-order chi connectivity index (χ0) is 9.00. The summed E-state index contributed by atoms with van der Waals surface area (Å²) < 4.78 is 0. The molecule has 0 atom stereocenters. The molecule has 0 amide bonds. The molecule has 0 aliphatic heterocycles. The Kier molecular flexibility index (Phi) is 30.6. The molecule has 0 aliphatic carbocycles. The normalized spacial score (nSPS) is 9.23. The van der Waals surface area contributed by atoms with Crippen molar-refractivity contribution in [1.82, 2.24) is 0 Å². The average Bonchev–Trinajstić information content (AvgIpc) is 1.12. The van der Waals surface area contributed by atoms with Crippen LogP contribution in [-0.2, 0) is 0 Å². The van der Waals surface area contributed by atoms with Crippen molar-refractivity contribution in [3.8, 4) is 0 Å². The van der Waals surface area contributed by atoms with Gasteiger partial charge in [0, 0.05) is 0 Å². The summed E-state index contributed by atoms with van der Waals surface area (Å²) >= 11 is 0. The number of hydrogen-bond donors (Lipinski definition) is 0. The van der Waals surface area contributed by atoms with Crippen LogP contribution in [0.5, 0.6) is 0 Å². The first-order valence-corrected chi connectivity index (χ1v) is 4.90. The number of rotatable bonds is 0. The van der Waals surface area contributed by atoms with Crippen LogP contribution in [0.1, 0.15) is 0 Å². The van der Waals surface area contributed by atoms with Crippen LogP contribution >= 0.6 is 0 Å². The quantitative estimate of drug-likeness (QED) is 0.215. The van der Waals surface area contributed by atoms with Gasteiger partial charge in [-0.25, -0.2) is 0 Å². The van der Waals surface area contributed by atoms with Crippen LogP contribution in [0.4, 0.5) is 0 Å². The predicted molar refractivity (Wildman–Crippen MR) is 11.5 cm³/mol. The van der Waals surface area contributed by atoms with Crippen molar-refractivity contribution in [3.05, 3.63) is 0 Å². The van der Waals surface area contributed by atoms with Gasteiger partial charge in [0.25, 0.3) is 0 Å². The fourth-order valence-corrected chi connectivity index (χ4v) is 0. The molecule has 0 radical (unpaired) electrons. The molecular weight excluding hydrogens is 898 g/mol. The minimum absolute atomic E-state index is 0. The van der Waals surface area contributed by atoms with Crippen LogP contribution in [0.25, 0.3) is 0 Å². The van der Waals surface area contributed by atoms with E-state index in [0.29, 0.717) is 0 Å². The average molecular weight is 898 g/mol. The molecule has 0 rings (SSSR count). The maximum atomic E-state index is 8.58. The molecule has 0 bridgehead atoms. The van der Waals surface area contributed by atoms with Crippen LogP contribution < -0.4 is 38.4 Å². The van der Waals surface area contributed by atoms with Gasteiger partial charge in [-0.1, -0.05) is 0 Å². The van der Waals surface area contributed by atoms with E-state index in [9.17, 15) is 0 Å². The molecule has 0 spiro atoms. The Morgan fingerprint density at radius 1 is 0.385 bits per heavy atom. The minimum atomic E-state index is -5.61. The summed E-state index contributed by atoms with van der Waals surface area (Å²) in [5.41, 5.74) is 0. The second kappa shape index (κ2) is 13.3. The molecule has 0 fully saturated rings. The molecule has 13 heavy (non-hydrogen) atoms. The van der Waals surface area contributed by atoms with Crippen LogP contribution in [0.2, 0.25) is 0 Å². The van der Waals surface area contributed by atoms with Gasteiger partial charge in [-0.15, -0.1) is 0 Å². The van der Waals surface area contributed by atoms with Crippen molar-refractivity contribution < 1.29 is 132 Å². The standard InChI is InChI=1S/2O4Si.3U/c2*1-5(2,3)4;;;/q2*-4;3*+6. The third kappa shape index (κ3) is 252. The summed E-state index contributed by atoms with van der Waals surface area (Å²) in [5.74, 6) is 0. The van der Waals surface area contributed by atoms with Gasteiger partial charge in [-0.05, 0) is 0 Å². The topological polar surface area (TPSA) is 184 Å². The Morgan fingerprint density at radius 3 is 0.385 bits per heavy atom. The van der Waals surface area contributed by atoms with E-state index in [1.165, 1.54) is 0 Å². The minimum Gasteiger partial charge on any atom is -0.894 e. The van der Waals surface area contributed by atoms with Gasteiger partial charge in [0.1, 0.15) is 0 Å². The maximum Gasteiger partial charge on any atom is 6.00 e. The molecule has 0 unspecified atom stereocenters. The van der Waals surface area contributed by atoms with Gasteiger partial charge < -0.3 is 56.5 Å². The van der Waals surface area contributed by atoms with E-state index in [1.807, 2.05) is 0 Å². The van der Waals surface area contributed by atoms with E-state index in [2.05, 4.69) is 0 Å². The van der Waals surface area contributed by atoms with E-state index in [1.54, 1.807) is 0 Å². The second-order valence-corrected chi connectivity index (χ2v) is 3.00. The molecule has 0 saturated heterocycles. The van der Waals surface area contributed by atoms with Crippen molar-refractivity contribution in [2.75, 3.05) is 0 Å². The largest absolute Gasteiger partial charge is 6.00 e. The third-order valence-corrected chi connectivity index (χ3v) is 0. The van der Waals surface area contributed by atoms with Crippen LogP contribution in [0.3, 0.4) is 0 Å². The van der Waals surface area contributed by atoms with Gasteiger partial charge in [0.05, 0.1) is 0 Å². The zero-order valence-electron chi connectivity index (χ0n) is 5.77. The van der Waals surface area contributed by atoms with Crippen molar-refractivity contribution in [1.29, 1.82) is 0 Å². The molecule has 0 aromatic heterocycles.